The molecule has 0 atom stereocenters. The monoisotopic (exact) mass is 342 g/mol. The van der Waals surface area contributed by atoms with Crippen molar-refractivity contribution in [3.63, 3.8) is 0 Å². The molecule has 8 nitrogen and oxygen atoms in total. The summed E-state index contributed by atoms with van der Waals surface area (Å²) in [5, 5.41) is 14.2. The van der Waals surface area contributed by atoms with Gasteiger partial charge >= 0.3 is 11.7 Å². The van der Waals surface area contributed by atoms with Crippen LogP contribution in [0.4, 0.5) is 11.5 Å². The van der Waals surface area contributed by atoms with E-state index < -0.39 is 10.9 Å². The van der Waals surface area contributed by atoms with Crippen molar-refractivity contribution in [3.8, 4) is 0 Å². The van der Waals surface area contributed by atoms with Gasteiger partial charge in [0.1, 0.15) is 0 Å². The van der Waals surface area contributed by atoms with Crippen molar-refractivity contribution in [2.24, 2.45) is 0 Å². The third kappa shape index (κ3) is 3.57. The number of esters is 1. The average Bonchev–Trinajstić information content (AvgIpc) is 3.43. The fourth-order valence-corrected chi connectivity index (χ4v) is 2.65. The van der Waals surface area contributed by atoms with Crippen LogP contribution in [0, 0.1) is 17.0 Å². The normalized spacial score (nSPS) is 13.4. The van der Waals surface area contributed by atoms with Gasteiger partial charge in [0.25, 0.3) is 0 Å². The van der Waals surface area contributed by atoms with Gasteiger partial charge < -0.3 is 10.1 Å². The summed E-state index contributed by atoms with van der Waals surface area (Å²) < 4.78 is 4.80. The number of carbonyl (C=O) groups excluding carboxylic acids is 1. The molecule has 25 heavy (non-hydrogen) atoms. The van der Waals surface area contributed by atoms with Crippen LogP contribution in [0.15, 0.2) is 24.4 Å². The van der Waals surface area contributed by atoms with Crippen molar-refractivity contribution >= 4 is 17.5 Å². The van der Waals surface area contributed by atoms with E-state index in [-0.39, 0.29) is 24.0 Å². The number of hydrogen-bond acceptors (Lipinski definition) is 7. The van der Waals surface area contributed by atoms with Gasteiger partial charge in [0.05, 0.1) is 35.5 Å². The topological polar surface area (TPSA) is 107 Å². The number of nitro groups is 1. The van der Waals surface area contributed by atoms with Crippen molar-refractivity contribution in [1.29, 1.82) is 0 Å². The fourth-order valence-electron chi connectivity index (χ4n) is 2.65. The van der Waals surface area contributed by atoms with Crippen molar-refractivity contribution in [2.75, 3.05) is 12.4 Å². The van der Waals surface area contributed by atoms with E-state index in [9.17, 15) is 14.9 Å². The molecular formula is C17H18N4O4. The molecule has 3 rings (SSSR count). The van der Waals surface area contributed by atoms with Crippen LogP contribution in [0.1, 0.15) is 46.1 Å². The lowest BCUT2D eigenvalue weighted by molar-refractivity contribution is -0.384. The highest BCUT2D eigenvalue weighted by Crippen LogP contribution is 2.40. The summed E-state index contributed by atoms with van der Waals surface area (Å²) in [6, 6.07) is 5.01. The Morgan fingerprint density at radius 1 is 1.40 bits per heavy atom. The van der Waals surface area contributed by atoms with Crippen LogP contribution >= 0.6 is 0 Å². The number of carbonyl (C=O) groups is 1. The Morgan fingerprint density at radius 2 is 2.16 bits per heavy atom. The maximum Gasteiger partial charge on any atom is 0.339 e. The predicted octanol–water partition coefficient (Wildman–Crippen LogP) is 2.97. The molecule has 1 N–H and O–H groups in total. The number of nitrogens with zero attached hydrogens (tertiary/aromatic N) is 3. The van der Waals surface area contributed by atoms with Crippen molar-refractivity contribution in [3.05, 3.63) is 57.0 Å². The molecule has 1 fully saturated rings. The van der Waals surface area contributed by atoms with E-state index in [0.717, 1.165) is 18.5 Å². The molecule has 0 saturated heterocycles. The average molecular weight is 342 g/mol. The van der Waals surface area contributed by atoms with Gasteiger partial charge in [-0.1, -0.05) is 0 Å². The van der Waals surface area contributed by atoms with E-state index in [1.165, 1.54) is 13.3 Å². The molecule has 0 aromatic carbocycles. The van der Waals surface area contributed by atoms with Gasteiger partial charge in [-0.3, -0.25) is 15.1 Å². The molecule has 1 aliphatic carbocycles. The molecule has 0 unspecified atom stereocenters. The Kier molecular flexibility index (Phi) is 4.60. The molecule has 2 aromatic heterocycles. The van der Waals surface area contributed by atoms with Crippen LogP contribution in [0.25, 0.3) is 0 Å². The Labute approximate surface area is 144 Å². The number of pyridine rings is 2. The first-order valence-electron chi connectivity index (χ1n) is 7.93. The molecule has 0 radical (unpaired) electrons. The molecule has 130 valence electrons. The largest absolute Gasteiger partial charge is 0.465 e. The van der Waals surface area contributed by atoms with Crippen LogP contribution in [-0.2, 0) is 11.3 Å². The number of aromatic nitrogens is 2. The van der Waals surface area contributed by atoms with E-state index in [2.05, 4.69) is 15.3 Å². The summed E-state index contributed by atoms with van der Waals surface area (Å²) in [6.07, 6.45) is 3.52. The molecule has 1 aliphatic rings. The summed E-state index contributed by atoms with van der Waals surface area (Å²) >= 11 is 0. The summed E-state index contributed by atoms with van der Waals surface area (Å²) in [4.78, 5) is 31.2. The quantitative estimate of drug-likeness (QED) is 0.488. The number of nitrogens with one attached hydrogen (secondary N) is 1. The second-order valence-corrected chi connectivity index (χ2v) is 5.94. The molecule has 8 heteroatoms. The molecule has 0 bridgehead atoms. The van der Waals surface area contributed by atoms with E-state index in [1.807, 2.05) is 0 Å². The minimum atomic E-state index is -0.450. The minimum absolute atomic E-state index is 0.0453. The number of rotatable bonds is 6. The van der Waals surface area contributed by atoms with Gasteiger partial charge in [-0.05, 0) is 38.0 Å². The molecule has 0 amide bonds. The van der Waals surface area contributed by atoms with Gasteiger partial charge in [-0.2, -0.15) is 0 Å². The number of methoxy groups -OCH3 is 1. The van der Waals surface area contributed by atoms with Crippen molar-refractivity contribution in [1.82, 2.24) is 9.97 Å². The van der Waals surface area contributed by atoms with Gasteiger partial charge in [0.2, 0.25) is 5.82 Å². The van der Waals surface area contributed by atoms with E-state index >= 15 is 0 Å². The molecular weight excluding hydrogens is 324 g/mol. The lowest BCUT2D eigenvalue weighted by Gasteiger charge is -2.10. The molecule has 1 saturated carbocycles. The van der Waals surface area contributed by atoms with Crippen LogP contribution in [-0.4, -0.2) is 28.0 Å². The Balaban J connectivity index is 1.83. The fraction of sp³-hybridized carbons (Fsp3) is 0.353. The van der Waals surface area contributed by atoms with E-state index in [1.54, 1.807) is 25.1 Å². The number of hydrogen-bond donors (Lipinski definition) is 1. The van der Waals surface area contributed by atoms with Crippen molar-refractivity contribution in [2.45, 2.75) is 32.2 Å². The lowest BCUT2D eigenvalue weighted by atomic mass is 10.1. The number of ether oxygens (including phenoxy) is 1. The summed E-state index contributed by atoms with van der Waals surface area (Å²) in [7, 11) is 1.34. The minimum Gasteiger partial charge on any atom is -0.465 e. The molecule has 2 aromatic rings. The summed E-state index contributed by atoms with van der Waals surface area (Å²) in [5.41, 5.74) is 2.39. The lowest BCUT2D eigenvalue weighted by Crippen LogP contribution is -2.11. The van der Waals surface area contributed by atoms with Gasteiger partial charge in [-0.25, -0.2) is 9.78 Å². The Bertz CT molecular complexity index is 833. The first-order chi connectivity index (χ1) is 12.0. The number of anilines is 1. The Hall–Kier alpha value is -3.03. The maximum atomic E-state index is 11.9. The van der Waals surface area contributed by atoms with Crippen molar-refractivity contribution < 1.29 is 14.5 Å². The van der Waals surface area contributed by atoms with Gasteiger partial charge in [0.15, 0.2) is 0 Å². The summed E-state index contributed by atoms with van der Waals surface area (Å²) in [5.74, 6) is 0.0854. The van der Waals surface area contributed by atoms with Crippen LogP contribution in [0.5, 0.6) is 0 Å². The predicted molar refractivity (Wildman–Crippen MR) is 90.5 cm³/mol. The first kappa shape index (κ1) is 16.8. The van der Waals surface area contributed by atoms with Gasteiger partial charge in [-0.15, -0.1) is 0 Å². The highest BCUT2D eigenvalue weighted by molar-refractivity contribution is 5.90. The number of aryl methyl sites for hydroxylation is 1. The molecule has 0 spiro atoms. The molecule has 0 aliphatic heterocycles. The zero-order valence-electron chi connectivity index (χ0n) is 14.0. The molecule has 2 heterocycles. The Morgan fingerprint density at radius 3 is 2.80 bits per heavy atom. The second-order valence-electron chi connectivity index (χ2n) is 5.94. The maximum absolute atomic E-state index is 11.9. The standard InChI is InChI=1S/C17H18N4O4/c1-10-7-8-18-16(15(10)21(23)24)19-9-12-5-6-13(17(22)25-2)14(20-12)11-3-4-11/h5-8,11H,3-4,9H2,1-2H3,(H,18,19). The smallest absolute Gasteiger partial charge is 0.339 e. The highest BCUT2D eigenvalue weighted by atomic mass is 16.6. The van der Waals surface area contributed by atoms with Crippen LogP contribution in [0.2, 0.25) is 0 Å². The second kappa shape index (κ2) is 6.84. The van der Waals surface area contributed by atoms with Crippen LogP contribution in [0.3, 0.4) is 0 Å². The SMILES string of the molecule is COC(=O)c1ccc(CNc2nccc(C)c2[N+](=O)[O-])nc1C1CC1. The van der Waals surface area contributed by atoms with E-state index in [0.29, 0.717) is 16.8 Å². The summed E-state index contributed by atoms with van der Waals surface area (Å²) in [6.45, 7) is 1.94. The highest BCUT2D eigenvalue weighted by Gasteiger charge is 2.30. The zero-order chi connectivity index (χ0) is 18.0. The zero-order valence-corrected chi connectivity index (χ0v) is 14.0. The third-order valence-electron chi connectivity index (χ3n) is 4.10. The van der Waals surface area contributed by atoms with Gasteiger partial charge in [0, 0.05) is 17.7 Å². The van der Waals surface area contributed by atoms with E-state index in [4.69, 9.17) is 4.74 Å². The third-order valence-corrected chi connectivity index (χ3v) is 4.10. The van der Waals surface area contributed by atoms with Crippen LogP contribution < -0.4 is 5.32 Å². The first-order valence-corrected chi connectivity index (χ1v) is 7.93.